The highest BCUT2D eigenvalue weighted by atomic mass is 16.2. The second-order valence-corrected chi connectivity index (χ2v) is 6.28. The fraction of sp³-hybridized carbons (Fsp3) is 0.300. The molecular weight excluding hydrogens is 314 g/mol. The number of hydrogen-bond acceptors (Lipinski definition) is 3. The summed E-state index contributed by atoms with van der Waals surface area (Å²) in [5.41, 5.74) is 2.05. The maximum Gasteiger partial charge on any atom is 0.255 e. The summed E-state index contributed by atoms with van der Waals surface area (Å²) in [5.74, 6) is -0.148. The first-order valence-electron chi connectivity index (χ1n) is 8.69. The highest BCUT2D eigenvalue weighted by Gasteiger charge is 2.13. The summed E-state index contributed by atoms with van der Waals surface area (Å²) in [7, 11) is 0. The molecule has 25 heavy (non-hydrogen) atoms. The lowest BCUT2D eigenvalue weighted by molar-refractivity contribution is -0.117. The van der Waals surface area contributed by atoms with Crippen molar-refractivity contribution in [1.29, 1.82) is 0 Å². The Morgan fingerprint density at radius 3 is 2.04 bits per heavy atom. The second kappa shape index (κ2) is 8.44. The number of amides is 2. The molecule has 1 heterocycles. The number of carbonyl (C=O) groups excluding carboxylic acids is 2. The maximum atomic E-state index is 12.1. The number of nitrogens with one attached hydrogen (secondary N) is 2. The van der Waals surface area contributed by atoms with Crippen molar-refractivity contribution in [2.45, 2.75) is 19.3 Å². The molecule has 0 aromatic heterocycles. The van der Waals surface area contributed by atoms with E-state index in [0.717, 1.165) is 18.8 Å². The molecule has 2 amide bonds. The van der Waals surface area contributed by atoms with Crippen molar-refractivity contribution in [2.75, 3.05) is 30.3 Å². The number of benzene rings is 2. The fourth-order valence-electron chi connectivity index (χ4n) is 2.95. The summed E-state index contributed by atoms with van der Waals surface area (Å²) >= 11 is 0. The molecule has 1 saturated heterocycles. The van der Waals surface area contributed by atoms with E-state index in [1.165, 1.54) is 19.3 Å². The highest BCUT2D eigenvalue weighted by Crippen LogP contribution is 2.15. The molecule has 3 rings (SSSR count). The van der Waals surface area contributed by atoms with E-state index in [9.17, 15) is 9.59 Å². The predicted molar refractivity (Wildman–Crippen MR) is 99.8 cm³/mol. The SMILES string of the molecule is O=C(CN1CCCCC1)Nc1ccc(NC(=O)c2ccccc2)cc1. The standard InChI is InChI=1S/C20H23N3O2/c24-19(15-23-13-5-2-6-14-23)21-17-9-11-18(12-10-17)22-20(25)16-7-3-1-4-8-16/h1,3-4,7-12H,2,5-6,13-15H2,(H,21,24)(H,22,25). The van der Waals surface area contributed by atoms with E-state index in [4.69, 9.17) is 0 Å². The van der Waals surface area contributed by atoms with E-state index in [1.807, 2.05) is 18.2 Å². The largest absolute Gasteiger partial charge is 0.325 e. The molecule has 2 N–H and O–H groups in total. The van der Waals surface area contributed by atoms with Gasteiger partial charge in [0, 0.05) is 16.9 Å². The van der Waals surface area contributed by atoms with Crippen LogP contribution < -0.4 is 10.6 Å². The Labute approximate surface area is 148 Å². The minimum atomic E-state index is -0.150. The highest BCUT2D eigenvalue weighted by molar-refractivity contribution is 6.04. The van der Waals surface area contributed by atoms with Crippen LogP contribution in [0.4, 0.5) is 11.4 Å². The van der Waals surface area contributed by atoms with Gasteiger partial charge in [0.2, 0.25) is 5.91 Å². The molecule has 0 saturated carbocycles. The minimum Gasteiger partial charge on any atom is -0.325 e. The van der Waals surface area contributed by atoms with E-state index >= 15 is 0 Å². The average molecular weight is 337 g/mol. The summed E-state index contributed by atoms with van der Waals surface area (Å²) in [6.07, 6.45) is 3.60. The molecule has 5 nitrogen and oxygen atoms in total. The third-order valence-corrected chi connectivity index (χ3v) is 4.28. The first-order valence-corrected chi connectivity index (χ1v) is 8.69. The summed E-state index contributed by atoms with van der Waals surface area (Å²) < 4.78 is 0. The van der Waals surface area contributed by atoms with Gasteiger partial charge in [-0.1, -0.05) is 24.6 Å². The zero-order valence-corrected chi connectivity index (χ0v) is 14.2. The quantitative estimate of drug-likeness (QED) is 0.879. The summed E-state index contributed by atoms with van der Waals surface area (Å²) in [4.78, 5) is 26.4. The van der Waals surface area contributed by atoms with Crippen LogP contribution in [0, 0.1) is 0 Å². The molecule has 1 aliphatic rings. The molecule has 1 fully saturated rings. The zero-order valence-electron chi connectivity index (χ0n) is 14.2. The molecule has 0 radical (unpaired) electrons. The van der Waals surface area contributed by atoms with Crippen LogP contribution in [0.2, 0.25) is 0 Å². The van der Waals surface area contributed by atoms with Crippen LogP contribution in [-0.2, 0) is 4.79 Å². The van der Waals surface area contributed by atoms with Crippen LogP contribution in [0.3, 0.4) is 0 Å². The van der Waals surface area contributed by atoms with Crippen molar-refractivity contribution < 1.29 is 9.59 Å². The van der Waals surface area contributed by atoms with E-state index in [0.29, 0.717) is 17.8 Å². The molecular formula is C20H23N3O2. The van der Waals surface area contributed by atoms with E-state index in [-0.39, 0.29) is 11.8 Å². The molecule has 0 spiro atoms. The van der Waals surface area contributed by atoms with Gasteiger partial charge in [-0.2, -0.15) is 0 Å². The molecule has 2 aromatic rings. The van der Waals surface area contributed by atoms with Crippen LogP contribution >= 0.6 is 0 Å². The Hall–Kier alpha value is -2.66. The van der Waals surface area contributed by atoms with Gasteiger partial charge in [0.05, 0.1) is 6.54 Å². The Kier molecular flexibility index (Phi) is 5.80. The second-order valence-electron chi connectivity index (χ2n) is 6.28. The topological polar surface area (TPSA) is 61.4 Å². The number of carbonyl (C=O) groups is 2. The van der Waals surface area contributed by atoms with E-state index in [1.54, 1.807) is 36.4 Å². The van der Waals surface area contributed by atoms with Crippen molar-refractivity contribution in [3.63, 3.8) is 0 Å². The lowest BCUT2D eigenvalue weighted by Crippen LogP contribution is -2.36. The van der Waals surface area contributed by atoms with Crippen molar-refractivity contribution >= 4 is 23.2 Å². The minimum absolute atomic E-state index is 0.00275. The smallest absolute Gasteiger partial charge is 0.255 e. The molecule has 130 valence electrons. The molecule has 0 atom stereocenters. The molecule has 0 aliphatic carbocycles. The number of piperidine rings is 1. The fourth-order valence-corrected chi connectivity index (χ4v) is 2.95. The van der Waals surface area contributed by atoms with Gasteiger partial charge >= 0.3 is 0 Å². The van der Waals surface area contributed by atoms with E-state index in [2.05, 4.69) is 15.5 Å². The molecule has 2 aromatic carbocycles. The van der Waals surface area contributed by atoms with Crippen molar-refractivity contribution in [2.24, 2.45) is 0 Å². The predicted octanol–water partition coefficient (Wildman–Crippen LogP) is 3.36. The number of anilines is 2. The molecule has 0 unspecified atom stereocenters. The number of rotatable bonds is 5. The summed E-state index contributed by atoms with van der Waals surface area (Å²) in [5, 5.41) is 5.75. The Balaban J connectivity index is 1.51. The van der Waals surface area contributed by atoms with Crippen LogP contribution in [-0.4, -0.2) is 36.3 Å². The normalized spacial score (nSPS) is 14.7. The van der Waals surface area contributed by atoms with Crippen molar-refractivity contribution in [1.82, 2.24) is 4.90 Å². The monoisotopic (exact) mass is 337 g/mol. The third-order valence-electron chi connectivity index (χ3n) is 4.28. The molecule has 5 heteroatoms. The molecule has 1 aliphatic heterocycles. The van der Waals surface area contributed by atoms with Gasteiger partial charge in [-0.05, 0) is 62.3 Å². The summed E-state index contributed by atoms with van der Waals surface area (Å²) in [6.45, 7) is 2.43. The van der Waals surface area contributed by atoms with E-state index < -0.39 is 0 Å². The number of hydrogen-bond donors (Lipinski definition) is 2. The third kappa shape index (κ3) is 5.16. The Morgan fingerprint density at radius 2 is 1.40 bits per heavy atom. The van der Waals surface area contributed by atoms with Crippen molar-refractivity contribution in [3.05, 3.63) is 60.2 Å². The average Bonchev–Trinajstić information content (AvgIpc) is 2.65. The van der Waals surface area contributed by atoms with Crippen LogP contribution in [0.25, 0.3) is 0 Å². The van der Waals surface area contributed by atoms with Crippen LogP contribution in [0.5, 0.6) is 0 Å². The van der Waals surface area contributed by atoms with Gasteiger partial charge in [-0.3, -0.25) is 14.5 Å². The molecule has 0 bridgehead atoms. The number of nitrogens with zero attached hydrogens (tertiary/aromatic N) is 1. The van der Waals surface area contributed by atoms with Gasteiger partial charge in [-0.25, -0.2) is 0 Å². The van der Waals surface area contributed by atoms with Crippen molar-refractivity contribution in [3.8, 4) is 0 Å². The lowest BCUT2D eigenvalue weighted by atomic mass is 10.1. The van der Waals surface area contributed by atoms with Gasteiger partial charge in [-0.15, -0.1) is 0 Å². The Morgan fingerprint density at radius 1 is 0.800 bits per heavy atom. The lowest BCUT2D eigenvalue weighted by Gasteiger charge is -2.25. The van der Waals surface area contributed by atoms with Crippen LogP contribution in [0.15, 0.2) is 54.6 Å². The van der Waals surface area contributed by atoms with Gasteiger partial charge < -0.3 is 10.6 Å². The number of likely N-dealkylation sites (tertiary alicyclic amines) is 1. The van der Waals surface area contributed by atoms with Crippen LogP contribution in [0.1, 0.15) is 29.6 Å². The van der Waals surface area contributed by atoms with Gasteiger partial charge in [0.15, 0.2) is 0 Å². The zero-order chi connectivity index (χ0) is 17.5. The first-order chi connectivity index (χ1) is 12.2. The summed E-state index contributed by atoms with van der Waals surface area (Å²) in [6, 6.07) is 16.2. The Bertz CT molecular complexity index is 707. The van der Waals surface area contributed by atoms with Gasteiger partial charge in [0.25, 0.3) is 5.91 Å². The maximum absolute atomic E-state index is 12.1. The van der Waals surface area contributed by atoms with Gasteiger partial charge in [0.1, 0.15) is 0 Å². The first kappa shape index (κ1) is 17.2.